The summed E-state index contributed by atoms with van der Waals surface area (Å²) in [4.78, 5) is 28.0. The van der Waals surface area contributed by atoms with E-state index in [-0.39, 0.29) is 18.5 Å². The molecule has 1 fully saturated rings. The number of thiophene rings is 1. The van der Waals surface area contributed by atoms with Crippen molar-refractivity contribution in [2.75, 3.05) is 6.54 Å². The Hall–Kier alpha value is -3.26. The number of primary amides is 1. The first-order chi connectivity index (χ1) is 15.1. The van der Waals surface area contributed by atoms with E-state index in [0.717, 1.165) is 45.9 Å². The summed E-state index contributed by atoms with van der Waals surface area (Å²) in [5, 5.41) is 9.38. The number of benzene rings is 2. The van der Waals surface area contributed by atoms with Gasteiger partial charge < -0.3 is 10.6 Å². The Bertz CT molecular complexity index is 1280. The number of aromatic nitrogens is 3. The number of carbonyl (C=O) groups excluding carboxylic acids is 2. The minimum Gasteiger partial charge on any atom is -0.365 e. The molecule has 1 atom stereocenters. The molecule has 7 nitrogen and oxygen atoms in total. The van der Waals surface area contributed by atoms with Gasteiger partial charge in [0, 0.05) is 17.3 Å². The quantitative estimate of drug-likeness (QED) is 0.522. The molecule has 0 unspecified atom stereocenters. The minimum atomic E-state index is -0.404. The molecule has 0 radical (unpaired) electrons. The number of hydrogen-bond acceptors (Lipinski definition) is 5. The molecule has 0 saturated carbocycles. The second kappa shape index (κ2) is 8.11. The van der Waals surface area contributed by atoms with Gasteiger partial charge in [0.1, 0.15) is 12.1 Å². The lowest BCUT2D eigenvalue weighted by molar-refractivity contribution is -0.135. The second-order valence-electron chi connectivity index (χ2n) is 7.95. The largest absolute Gasteiger partial charge is 0.365 e. The van der Waals surface area contributed by atoms with Crippen LogP contribution in [0.2, 0.25) is 0 Å². The van der Waals surface area contributed by atoms with E-state index in [1.807, 2.05) is 53.4 Å². The van der Waals surface area contributed by atoms with Crippen LogP contribution < -0.4 is 5.73 Å². The third-order valence-electron chi connectivity index (χ3n) is 6.01. The van der Waals surface area contributed by atoms with Crippen LogP contribution in [0.4, 0.5) is 0 Å². The monoisotopic (exact) mass is 433 g/mol. The van der Waals surface area contributed by atoms with Gasteiger partial charge in [-0.05, 0) is 54.8 Å². The Morgan fingerprint density at radius 3 is 2.77 bits per heavy atom. The van der Waals surface area contributed by atoms with Crippen molar-refractivity contribution in [1.29, 1.82) is 0 Å². The van der Waals surface area contributed by atoms with E-state index >= 15 is 0 Å². The van der Waals surface area contributed by atoms with Crippen LogP contribution in [0.3, 0.4) is 0 Å². The smallest absolute Gasteiger partial charge is 0.259 e. The SMILES string of the molecule is NC(=O)c1sc2ccccc2c1C[C@@H]1CCCCN1C(=O)Cn1nnc2ccccc21. The van der Waals surface area contributed by atoms with E-state index in [2.05, 4.69) is 10.3 Å². The standard InChI is InChI=1S/C23H23N5O2S/c24-23(30)22-17(16-8-1-4-11-20(16)31-22)13-15-7-5-6-12-27(15)21(29)14-28-19-10-3-2-9-18(19)25-26-28/h1-4,8-11,15H,5-7,12-14H2,(H2,24,30)/t15-/m0/s1. The summed E-state index contributed by atoms with van der Waals surface area (Å²) in [6, 6.07) is 15.7. The van der Waals surface area contributed by atoms with Gasteiger partial charge in [0.05, 0.1) is 10.4 Å². The first-order valence-corrected chi connectivity index (χ1v) is 11.3. The molecule has 158 valence electrons. The molecule has 0 aliphatic carbocycles. The fourth-order valence-corrected chi connectivity index (χ4v) is 5.62. The lowest BCUT2D eigenvalue weighted by Gasteiger charge is -2.36. The summed E-state index contributed by atoms with van der Waals surface area (Å²) in [5.41, 5.74) is 8.29. The zero-order chi connectivity index (χ0) is 21.4. The molecule has 1 aliphatic rings. The maximum atomic E-state index is 13.3. The summed E-state index contributed by atoms with van der Waals surface area (Å²) >= 11 is 1.44. The number of para-hydroxylation sites is 1. The van der Waals surface area contributed by atoms with Crippen LogP contribution in [-0.2, 0) is 17.8 Å². The van der Waals surface area contributed by atoms with Gasteiger partial charge in [-0.15, -0.1) is 16.4 Å². The van der Waals surface area contributed by atoms with Crippen LogP contribution in [0, 0.1) is 0 Å². The molecule has 2 aromatic carbocycles. The van der Waals surface area contributed by atoms with E-state index < -0.39 is 5.91 Å². The van der Waals surface area contributed by atoms with E-state index in [1.54, 1.807) is 4.68 Å². The van der Waals surface area contributed by atoms with Crippen molar-refractivity contribution in [1.82, 2.24) is 19.9 Å². The lowest BCUT2D eigenvalue weighted by Crippen LogP contribution is -2.46. The highest BCUT2D eigenvalue weighted by atomic mass is 32.1. The Kier molecular flexibility index (Phi) is 5.15. The third-order valence-corrected chi connectivity index (χ3v) is 7.24. The number of hydrogen-bond donors (Lipinski definition) is 1. The predicted molar refractivity (Wildman–Crippen MR) is 121 cm³/mol. The van der Waals surface area contributed by atoms with Crippen molar-refractivity contribution in [3.05, 3.63) is 59.0 Å². The van der Waals surface area contributed by atoms with Crippen molar-refractivity contribution in [3.63, 3.8) is 0 Å². The zero-order valence-electron chi connectivity index (χ0n) is 17.0. The fraction of sp³-hybridized carbons (Fsp3) is 0.304. The molecular formula is C23H23N5O2S. The maximum absolute atomic E-state index is 13.3. The molecule has 2 N–H and O–H groups in total. The lowest BCUT2D eigenvalue weighted by atomic mass is 9.94. The van der Waals surface area contributed by atoms with Crippen LogP contribution in [0.5, 0.6) is 0 Å². The van der Waals surface area contributed by atoms with E-state index in [9.17, 15) is 9.59 Å². The Morgan fingerprint density at radius 1 is 1.10 bits per heavy atom. The van der Waals surface area contributed by atoms with Crippen LogP contribution in [0.15, 0.2) is 48.5 Å². The van der Waals surface area contributed by atoms with E-state index in [1.165, 1.54) is 11.3 Å². The average molecular weight is 434 g/mol. The van der Waals surface area contributed by atoms with Gasteiger partial charge in [0.25, 0.3) is 5.91 Å². The molecule has 8 heteroatoms. The van der Waals surface area contributed by atoms with Gasteiger partial charge in [-0.2, -0.15) is 0 Å². The summed E-state index contributed by atoms with van der Waals surface area (Å²) < 4.78 is 2.71. The number of rotatable bonds is 5. The first kappa shape index (κ1) is 19.7. The minimum absolute atomic E-state index is 0.0283. The van der Waals surface area contributed by atoms with Crippen molar-refractivity contribution in [2.45, 2.75) is 38.3 Å². The van der Waals surface area contributed by atoms with Crippen LogP contribution in [-0.4, -0.2) is 44.3 Å². The molecule has 0 bridgehead atoms. The average Bonchev–Trinajstić information content (AvgIpc) is 3.36. The molecule has 4 aromatic rings. The summed E-state index contributed by atoms with van der Waals surface area (Å²) in [5.74, 6) is -0.375. The number of nitrogens with two attached hydrogens (primary N) is 1. The number of piperidine rings is 1. The van der Waals surface area contributed by atoms with E-state index in [0.29, 0.717) is 17.8 Å². The van der Waals surface area contributed by atoms with Crippen molar-refractivity contribution in [2.24, 2.45) is 5.73 Å². The molecule has 1 saturated heterocycles. The maximum Gasteiger partial charge on any atom is 0.259 e. The predicted octanol–water partition coefficient (Wildman–Crippen LogP) is 3.37. The first-order valence-electron chi connectivity index (χ1n) is 10.5. The van der Waals surface area contributed by atoms with Crippen LogP contribution in [0.25, 0.3) is 21.1 Å². The Labute approximate surface area is 183 Å². The topological polar surface area (TPSA) is 94.1 Å². The van der Waals surface area contributed by atoms with Crippen molar-refractivity contribution >= 4 is 44.3 Å². The van der Waals surface area contributed by atoms with Crippen LogP contribution >= 0.6 is 11.3 Å². The van der Waals surface area contributed by atoms with Gasteiger partial charge in [-0.25, -0.2) is 4.68 Å². The Morgan fingerprint density at radius 2 is 1.90 bits per heavy atom. The molecule has 3 heterocycles. The molecule has 2 amide bonds. The number of fused-ring (bicyclic) bond motifs is 2. The van der Waals surface area contributed by atoms with Crippen molar-refractivity contribution < 1.29 is 9.59 Å². The summed E-state index contributed by atoms with van der Waals surface area (Å²) in [7, 11) is 0. The number of likely N-dealkylation sites (tertiary alicyclic amines) is 1. The van der Waals surface area contributed by atoms with Gasteiger partial charge in [0.15, 0.2) is 0 Å². The number of nitrogens with zero attached hydrogens (tertiary/aromatic N) is 4. The molecule has 0 spiro atoms. The molecule has 31 heavy (non-hydrogen) atoms. The van der Waals surface area contributed by atoms with Crippen LogP contribution in [0.1, 0.15) is 34.5 Å². The van der Waals surface area contributed by atoms with E-state index in [4.69, 9.17) is 5.73 Å². The van der Waals surface area contributed by atoms with Gasteiger partial charge in [0.2, 0.25) is 5.91 Å². The Balaban J connectivity index is 1.42. The molecular weight excluding hydrogens is 410 g/mol. The van der Waals surface area contributed by atoms with Gasteiger partial charge >= 0.3 is 0 Å². The summed E-state index contributed by atoms with van der Waals surface area (Å²) in [6.45, 7) is 0.869. The second-order valence-corrected chi connectivity index (χ2v) is 9.00. The molecule has 1 aliphatic heterocycles. The zero-order valence-corrected chi connectivity index (χ0v) is 17.8. The highest BCUT2D eigenvalue weighted by molar-refractivity contribution is 7.21. The fourth-order valence-electron chi connectivity index (χ4n) is 4.53. The summed E-state index contributed by atoms with van der Waals surface area (Å²) in [6.07, 6.45) is 3.58. The highest BCUT2D eigenvalue weighted by Gasteiger charge is 2.29. The van der Waals surface area contributed by atoms with Gasteiger partial charge in [-0.1, -0.05) is 35.5 Å². The highest BCUT2D eigenvalue weighted by Crippen LogP contribution is 2.34. The third kappa shape index (κ3) is 3.67. The normalized spacial score (nSPS) is 16.8. The number of amides is 2. The van der Waals surface area contributed by atoms with Crippen molar-refractivity contribution in [3.8, 4) is 0 Å². The molecule has 2 aromatic heterocycles. The molecule has 5 rings (SSSR count). The number of carbonyl (C=O) groups is 2. The van der Waals surface area contributed by atoms with Gasteiger partial charge in [-0.3, -0.25) is 9.59 Å².